The molecule has 1 nitrogen and oxygen atoms in total. The van der Waals surface area contributed by atoms with E-state index in [4.69, 9.17) is 5.26 Å². The Morgan fingerprint density at radius 2 is 1.81 bits per heavy atom. The van der Waals surface area contributed by atoms with Gasteiger partial charge in [0.15, 0.2) is 0 Å². The van der Waals surface area contributed by atoms with Crippen LogP contribution in [-0.4, -0.2) is 0 Å². The number of hydrogen-bond donors (Lipinski definition) is 0. The normalized spacial score (nSPS) is 9.75. The summed E-state index contributed by atoms with van der Waals surface area (Å²) in [5.41, 5.74) is 2.38. The highest BCUT2D eigenvalue weighted by molar-refractivity contribution is 5.40. The largest absolute Gasteiger partial charge is 0.207 e. The van der Waals surface area contributed by atoms with Crippen LogP contribution in [0.3, 0.4) is 0 Å². The molecule has 0 spiro atoms. The topological polar surface area (TPSA) is 23.8 Å². The Hall–Kier alpha value is -2.14. The minimum Gasteiger partial charge on any atom is -0.207 e. The summed E-state index contributed by atoms with van der Waals surface area (Å²) in [6.45, 7) is 0. The predicted molar refractivity (Wildman–Crippen MR) is 60.4 cm³/mol. The highest BCUT2D eigenvalue weighted by atomic mass is 19.1. The van der Waals surface area contributed by atoms with Crippen molar-refractivity contribution in [2.24, 2.45) is 0 Å². The molecule has 0 heterocycles. The zero-order valence-corrected chi connectivity index (χ0v) is 8.65. The molecule has 2 heteroatoms. The molecule has 0 saturated heterocycles. The first-order valence-corrected chi connectivity index (χ1v) is 5.02. The first-order valence-electron chi connectivity index (χ1n) is 5.02. The summed E-state index contributed by atoms with van der Waals surface area (Å²) >= 11 is 0. The lowest BCUT2D eigenvalue weighted by Crippen LogP contribution is -1.93. The number of nitriles is 1. The Bertz CT molecular complexity index is 526. The van der Waals surface area contributed by atoms with Gasteiger partial charge >= 0.3 is 0 Å². The molecule has 0 unspecified atom stereocenters. The van der Waals surface area contributed by atoms with Gasteiger partial charge in [-0.05, 0) is 29.7 Å². The molecule has 0 saturated carbocycles. The van der Waals surface area contributed by atoms with Crippen molar-refractivity contribution >= 4 is 0 Å². The number of benzene rings is 2. The Morgan fingerprint density at radius 1 is 1.06 bits per heavy atom. The maximum Gasteiger partial charge on any atom is 0.124 e. The molecule has 0 fully saturated rings. The van der Waals surface area contributed by atoms with Gasteiger partial charge in [0.05, 0.1) is 11.6 Å². The van der Waals surface area contributed by atoms with Crippen LogP contribution < -0.4 is 0 Å². The Kier molecular flexibility index (Phi) is 2.98. The Morgan fingerprint density at radius 3 is 2.50 bits per heavy atom. The van der Waals surface area contributed by atoms with E-state index < -0.39 is 0 Å². The third-order valence-corrected chi connectivity index (χ3v) is 2.43. The van der Waals surface area contributed by atoms with E-state index in [1.807, 2.05) is 36.4 Å². The van der Waals surface area contributed by atoms with E-state index in [1.165, 1.54) is 12.1 Å². The van der Waals surface area contributed by atoms with Crippen molar-refractivity contribution in [1.82, 2.24) is 0 Å². The lowest BCUT2D eigenvalue weighted by Gasteiger charge is -2.04. The highest BCUT2D eigenvalue weighted by Gasteiger charge is 2.04. The molecule has 0 atom stereocenters. The molecule has 0 aliphatic carbocycles. The van der Waals surface area contributed by atoms with E-state index in [2.05, 4.69) is 0 Å². The van der Waals surface area contributed by atoms with E-state index in [9.17, 15) is 4.39 Å². The standard InChI is InChI=1S/C14H10FN/c15-14-7-6-12(13(9-14)10-16)8-11-4-2-1-3-5-11/h1-7,9H,8H2. The van der Waals surface area contributed by atoms with Crippen LogP contribution in [0, 0.1) is 17.1 Å². The van der Waals surface area contributed by atoms with Crippen LogP contribution in [0.2, 0.25) is 0 Å². The van der Waals surface area contributed by atoms with Crippen molar-refractivity contribution < 1.29 is 4.39 Å². The van der Waals surface area contributed by atoms with Gasteiger partial charge in [0.1, 0.15) is 5.82 Å². The van der Waals surface area contributed by atoms with Crippen molar-refractivity contribution in [3.63, 3.8) is 0 Å². The summed E-state index contributed by atoms with van der Waals surface area (Å²) in [5.74, 6) is -0.367. The molecule has 0 radical (unpaired) electrons. The van der Waals surface area contributed by atoms with Gasteiger partial charge in [-0.2, -0.15) is 5.26 Å². The molecular formula is C14H10FN. The summed E-state index contributed by atoms with van der Waals surface area (Å²) < 4.78 is 12.9. The molecule has 0 aromatic heterocycles. The second-order valence-electron chi connectivity index (χ2n) is 3.58. The fourth-order valence-corrected chi connectivity index (χ4v) is 1.62. The van der Waals surface area contributed by atoms with Crippen LogP contribution in [0.15, 0.2) is 48.5 Å². The smallest absolute Gasteiger partial charge is 0.124 e. The van der Waals surface area contributed by atoms with E-state index in [1.54, 1.807) is 6.07 Å². The molecule has 2 rings (SSSR count). The number of hydrogen-bond acceptors (Lipinski definition) is 1. The van der Waals surface area contributed by atoms with Gasteiger partial charge in [0, 0.05) is 0 Å². The molecule has 0 aliphatic heterocycles. The fraction of sp³-hybridized carbons (Fsp3) is 0.0714. The van der Waals surface area contributed by atoms with Gasteiger partial charge in [0.25, 0.3) is 0 Å². The van der Waals surface area contributed by atoms with Crippen LogP contribution in [0.1, 0.15) is 16.7 Å². The lowest BCUT2D eigenvalue weighted by atomic mass is 10.0. The Labute approximate surface area is 93.8 Å². The van der Waals surface area contributed by atoms with E-state index in [-0.39, 0.29) is 5.82 Å². The average Bonchev–Trinajstić information content (AvgIpc) is 2.33. The summed E-state index contributed by atoms with van der Waals surface area (Å²) in [6.07, 6.45) is 0.657. The third kappa shape index (κ3) is 2.26. The molecular weight excluding hydrogens is 201 g/mol. The summed E-state index contributed by atoms with van der Waals surface area (Å²) in [5, 5.41) is 8.90. The minimum absolute atomic E-state index is 0.367. The van der Waals surface area contributed by atoms with Gasteiger partial charge in [-0.25, -0.2) is 4.39 Å². The first kappa shape index (κ1) is 10.4. The molecule has 16 heavy (non-hydrogen) atoms. The number of rotatable bonds is 2. The van der Waals surface area contributed by atoms with Gasteiger partial charge in [0.2, 0.25) is 0 Å². The zero-order valence-electron chi connectivity index (χ0n) is 8.65. The van der Waals surface area contributed by atoms with Crippen molar-refractivity contribution in [1.29, 1.82) is 5.26 Å². The van der Waals surface area contributed by atoms with Crippen LogP contribution in [-0.2, 0) is 6.42 Å². The molecule has 78 valence electrons. The van der Waals surface area contributed by atoms with Gasteiger partial charge < -0.3 is 0 Å². The summed E-state index contributed by atoms with van der Waals surface area (Å²) in [6, 6.07) is 16.2. The van der Waals surface area contributed by atoms with Gasteiger partial charge in [-0.1, -0.05) is 36.4 Å². The number of nitrogens with zero attached hydrogens (tertiary/aromatic N) is 1. The monoisotopic (exact) mass is 211 g/mol. The molecule has 0 aliphatic rings. The quantitative estimate of drug-likeness (QED) is 0.747. The minimum atomic E-state index is -0.367. The van der Waals surface area contributed by atoms with E-state index in [0.29, 0.717) is 12.0 Å². The predicted octanol–water partition coefficient (Wildman–Crippen LogP) is 3.29. The first-order chi connectivity index (χ1) is 7.79. The average molecular weight is 211 g/mol. The zero-order chi connectivity index (χ0) is 11.4. The van der Waals surface area contributed by atoms with E-state index in [0.717, 1.165) is 11.1 Å². The maximum atomic E-state index is 12.9. The lowest BCUT2D eigenvalue weighted by molar-refractivity contribution is 0.626. The van der Waals surface area contributed by atoms with Gasteiger partial charge in [-0.3, -0.25) is 0 Å². The van der Waals surface area contributed by atoms with Crippen molar-refractivity contribution in [3.05, 3.63) is 71.0 Å². The fourth-order valence-electron chi connectivity index (χ4n) is 1.62. The highest BCUT2D eigenvalue weighted by Crippen LogP contribution is 2.15. The van der Waals surface area contributed by atoms with Gasteiger partial charge in [-0.15, -0.1) is 0 Å². The van der Waals surface area contributed by atoms with Crippen LogP contribution >= 0.6 is 0 Å². The Balaban J connectivity index is 2.32. The number of halogens is 1. The molecule has 2 aromatic rings. The molecule has 0 amide bonds. The van der Waals surface area contributed by atoms with Crippen LogP contribution in [0.5, 0.6) is 0 Å². The summed E-state index contributed by atoms with van der Waals surface area (Å²) in [7, 11) is 0. The SMILES string of the molecule is N#Cc1cc(F)ccc1Cc1ccccc1. The molecule has 0 N–H and O–H groups in total. The van der Waals surface area contributed by atoms with Crippen molar-refractivity contribution in [2.75, 3.05) is 0 Å². The van der Waals surface area contributed by atoms with Crippen molar-refractivity contribution in [3.8, 4) is 6.07 Å². The summed E-state index contributed by atoms with van der Waals surface area (Å²) in [4.78, 5) is 0. The maximum absolute atomic E-state index is 12.9. The second-order valence-corrected chi connectivity index (χ2v) is 3.58. The van der Waals surface area contributed by atoms with E-state index >= 15 is 0 Å². The second kappa shape index (κ2) is 4.59. The van der Waals surface area contributed by atoms with Crippen molar-refractivity contribution in [2.45, 2.75) is 6.42 Å². The molecule has 2 aromatic carbocycles. The van der Waals surface area contributed by atoms with Crippen LogP contribution in [0.4, 0.5) is 4.39 Å². The third-order valence-electron chi connectivity index (χ3n) is 2.43. The van der Waals surface area contributed by atoms with Crippen LogP contribution in [0.25, 0.3) is 0 Å². The molecule has 0 bridgehead atoms.